The van der Waals surface area contributed by atoms with Crippen LogP contribution < -0.4 is 5.32 Å². The lowest BCUT2D eigenvalue weighted by Crippen LogP contribution is -2.24. The number of carbonyl (C=O) groups is 2. The fraction of sp³-hybridized carbons (Fsp3) is 0.333. The molecule has 0 saturated heterocycles. The zero-order valence-corrected chi connectivity index (χ0v) is 12.0. The first-order valence-electron chi connectivity index (χ1n) is 6.65. The Kier molecular flexibility index (Phi) is 4.08. The van der Waals surface area contributed by atoms with Gasteiger partial charge in [0.05, 0.1) is 0 Å². The van der Waals surface area contributed by atoms with E-state index in [-0.39, 0.29) is 11.8 Å². The standard InChI is InChI=1S/C15H19N3O2/c1-4-7-16-14(19)13-9-11-8-10(15(20)18(2)3)5-6-12(11)17-13/h5-6,8-9,17H,4,7H2,1-3H3,(H,16,19). The van der Waals surface area contributed by atoms with E-state index in [0.29, 0.717) is 17.8 Å². The maximum atomic E-state index is 11.9. The predicted octanol–water partition coefficient (Wildman–Crippen LogP) is 2.01. The van der Waals surface area contributed by atoms with Crippen molar-refractivity contribution in [2.45, 2.75) is 13.3 Å². The van der Waals surface area contributed by atoms with Gasteiger partial charge in [-0.2, -0.15) is 0 Å². The van der Waals surface area contributed by atoms with Crippen LogP contribution in [0.1, 0.15) is 34.2 Å². The Morgan fingerprint density at radius 2 is 2.00 bits per heavy atom. The molecular weight excluding hydrogens is 254 g/mol. The summed E-state index contributed by atoms with van der Waals surface area (Å²) in [5.74, 6) is -0.173. The molecule has 5 nitrogen and oxygen atoms in total. The molecule has 0 bridgehead atoms. The van der Waals surface area contributed by atoms with Gasteiger partial charge in [0, 0.05) is 37.1 Å². The Morgan fingerprint density at radius 3 is 2.65 bits per heavy atom. The Labute approximate surface area is 118 Å². The third-order valence-corrected chi connectivity index (χ3v) is 3.05. The topological polar surface area (TPSA) is 65.2 Å². The number of nitrogens with zero attached hydrogens (tertiary/aromatic N) is 1. The molecule has 2 amide bonds. The Bertz CT molecular complexity index is 644. The molecule has 106 valence electrons. The lowest BCUT2D eigenvalue weighted by molar-refractivity contribution is 0.0827. The Hall–Kier alpha value is -2.30. The largest absolute Gasteiger partial charge is 0.351 e. The molecule has 0 radical (unpaired) electrons. The molecule has 0 unspecified atom stereocenters. The minimum atomic E-state index is -0.122. The monoisotopic (exact) mass is 273 g/mol. The molecule has 0 spiro atoms. The van der Waals surface area contributed by atoms with Crippen molar-refractivity contribution in [1.82, 2.24) is 15.2 Å². The SMILES string of the molecule is CCCNC(=O)c1cc2cc(C(=O)N(C)C)ccc2[nH]1. The smallest absolute Gasteiger partial charge is 0.267 e. The Morgan fingerprint density at radius 1 is 1.25 bits per heavy atom. The molecule has 0 fully saturated rings. The van der Waals surface area contributed by atoms with E-state index in [0.717, 1.165) is 17.3 Å². The summed E-state index contributed by atoms with van der Waals surface area (Å²) in [5.41, 5.74) is 1.98. The van der Waals surface area contributed by atoms with Gasteiger partial charge >= 0.3 is 0 Å². The second-order valence-corrected chi connectivity index (χ2v) is 4.94. The molecule has 2 N–H and O–H groups in total. The molecule has 0 aliphatic carbocycles. The normalized spacial score (nSPS) is 10.6. The van der Waals surface area contributed by atoms with Crippen molar-refractivity contribution in [2.75, 3.05) is 20.6 Å². The highest BCUT2D eigenvalue weighted by atomic mass is 16.2. The highest BCUT2D eigenvalue weighted by Gasteiger charge is 2.12. The van der Waals surface area contributed by atoms with Crippen molar-refractivity contribution in [3.05, 3.63) is 35.5 Å². The average molecular weight is 273 g/mol. The number of rotatable bonds is 4. The number of hydrogen-bond acceptors (Lipinski definition) is 2. The van der Waals surface area contributed by atoms with E-state index in [2.05, 4.69) is 10.3 Å². The van der Waals surface area contributed by atoms with Crippen LogP contribution in [0.4, 0.5) is 0 Å². The summed E-state index contributed by atoms with van der Waals surface area (Å²) in [6, 6.07) is 7.15. The summed E-state index contributed by atoms with van der Waals surface area (Å²) < 4.78 is 0. The lowest BCUT2D eigenvalue weighted by atomic mass is 10.1. The third kappa shape index (κ3) is 2.82. The number of aromatic nitrogens is 1. The summed E-state index contributed by atoms with van der Waals surface area (Å²) in [6.45, 7) is 2.66. The number of carbonyl (C=O) groups excluding carboxylic acids is 2. The van der Waals surface area contributed by atoms with Crippen LogP contribution in [-0.4, -0.2) is 42.3 Å². The van der Waals surface area contributed by atoms with Crippen LogP contribution in [0, 0.1) is 0 Å². The van der Waals surface area contributed by atoms with E-state index in [9.17, 15) is 9.59 Å². The van der Waals surface area contributed by atoms with Gasteiger partial charge < -0.3 is 15.2 Å². The summed E-state index contributed by atoms with van der Waals surface area (Å²) in [6.07, 6.45) is 0.896. The lowest BCUT2D eigenvalue weighted by Gasteiger charge is -2.09. The first kappa shape index (κ1) is 14.1. The maximum Gasteiger partial charge on any atom is 0.267 e. The summed E-state index contributed by atoms with van der Waals surface area (Å²) in [5, 5.41) is 3.68. The molecule has 5 heteroatoms. The Balaban J connectivity index is 2.30. The first-order chi connectivity index (χ1) is 9.52. The fourth-order valence-electron chi connectivity index (χ4n) is 1.98. The van der Waals surface area contributed by atoms with Crippen molar-refractivity contribution in [2.24, 2.45) is 0 Å². The van der Waals surface area contributed by atoms with Gasteiger partial charge in [-0.3, -0.25) is 9.59 Å². The highest BCUT2D eigenvalue weighted by molar-refractivity contribution is 6.01. The first-order valence-corrected chi connectivity index (χ1v) is 6.65. The van der Waals surface area contributed by atoms with Gasteiger partial charge in [-0.25, -0.2) is 0 Å². The van der Waals surface area contributed by atoms with Crippen LogP contribution in [0.5, 0.6) is 0 Å². The summed E-state index contributed by atoms with van der Waals surface area (Å²) in [7, 11) is 3.43. The van der Waals surface area contributed by atoms with Crippen molar-refractivity contribution >= 4 is 22.7 Å². The summed E-state index contributed by atoms with van der Waals surface area (Å²) >= 11 is 0. The minimum Gasteiger partial charge on any atom is -0.351 e. The van der Waals surface area contributed by atoms with Gasteiger partial charge in [0.1, 0.15) is 5.69 Å². The van der Waals surface area contributed by atoms with Gasteiger partial charge in [-0.05, 0) is 30.7 Å². The quantitative estimate of drug-likeness (QED) is 0.895. The van der Waals surface area contributed by atoms with Crippen molar-refractivity contribution in [3.8, 4) is 0 Å². The van der Waals surface area contributed by atoms with E-state index >= 15 is 0 Å². The van der Waals surface area contributed by atoms with Gasteiger partial charge in [0.15, 0.2) is 0 Å². The minimum absolute atomic E-state index is 0.0508. The van der Waals surface area contributed by atoms with Crippen molar-refractivity contribution in [3.63, 3.8) is 0 Å². The number of H-pyrrole nitrogens is 1. The van der Waals surface area contributed by atoms with Gasteiger partial charge in [-0.15, -0.1) is 0 Å². The number of benzene rings is 1. The van der Waals surface area contributed by atoms with E-state index in [1.54, 1.807) is 32.3 Å². The van der Waals surface area contributed by atoms with Crippen LogP contribution in [-0.2, 0) is 0 Å². The molecule has 0 saturated carbocycles. The molecule has 1 heterocycles. The van der Waals surface area contributed by atoms with Gasteiger partial charge in [-0.1, -0.05) is 6.92 Å². The molecular formula is C15H19N3O2. The second kappa shape index (κ2) is 5.77. The summed E-state index contributed by atoms with van der Waals surface area (Å²) in [4.78, 5) is 28.4. The van der Waals surface area contributed by atoms with Crippen LogP contribution >= 0.6 is 0 Å². The molecule has 2 aromatic rings. The van der Waals surface area contributed by atoms with Crippen molar-refractivity contribution in [1.29, 1.82) is 0 Å². The zero-order valence-electron chi connectivity index (χ0n) is 12.0. The average Bonchev–Trinajstić information content (AvgIpc) is 2.86. The molecule has 1 aromatic heterocycles. The van der Waals surface area contributed by atoms with Crippen LogP contribution in [0.15, 0.2) is 24.3 Å². The number of amides is 2. The highest BCUT2D eigenvalue weighted by Crippen LogP contribution is 2.18. The van der Waals surface area contributed by atoms with Gasteiger partial charge in [0.2, 0.25) is 0 Å². The number of nitrogens with one attached hydrogen (secondary N) is 2. The molecule has 20 heavy (non-hydrogen) atoms. The molecule has 0 aliphatic rings. The molecule has 0 atom stereocenters. The third-order valence-electron chi connectivity index (χ3n) is 3.05. The predicted molar refractivity (Wildman–Crippen MR) is 78.9 cm³/mol. The molecule has 2 rings (SSSR count). The van der Waals surface area contributed by atoms with Crippen LogP contribution in [0.2, 0.25) is 0 Å². The van der Waals surface area contributed by atoms with Crippen molar-refractivity contribution < 1.29 is 9.59 Å². The number of hydrogen-bond donors (Lipinski definition) is 2. The van der Waals surface area contributed by atoms with E-state index in [1.165, 1.54) is 4.90 Å². The van der Waals surface area contributed by atoms with E-state index in [4.69, 9.17) is 0 Å². The molecule has 0 aliphatic heterocycles. The van der Waals surface area contributed by atoms with Crippen LogP contribution in [0.3, 0.4) is 0 Å². The molecule has 1 aromatic carbocycles. The number of aromatic amines is 1. The second-order valence-electron chi connectivity index (χ2n) is 4.94. The maximum absolute atomic E-state index is 11.9. The van der Waals surface area contributed by atoms with E-state index < -0.39 is 0 Å². The number of fused-ring (bicyclic) bond motifs is 1. The fourth-order valence-corrected chi connectivity index (χ4v) is 1.98. The zero-order chi connectivity index (χ0) is 14.7. The van der Waals surface area contributed by atoms with Crippen LogP contribution in [0.25, 0.3) is 10.9 Å². The van der Waals surface area contributed by atoms with Gasteiger partial charge in [0.25, 0.3) is 11.8 Å². The van der Waals surface area contributed by atoms with E-state index in [1.807, 2.05) is 13.0 Å².